The van der Waals surface area contributed by atoms with Crippen molar-refractivity contribution in [1.82, 2.24) is 15.2 Å². The first-order valence-corrected chi connectivity index (χ1v) is 8.12. The molecule has 6 heteroatoms. The van der Waals surface area contributed by atoms with Crippen molar-refractivity contribution < 1.29 is 9.53 Å². The molecule has 0 bridgehead atoms. The lowest BCUT2D eigenvalue weighted by Crippen LogP contribution is -2.35. The Labute approximate surface area is 141 Å². The molecule has 2 aromatic rings. The summed E-state index contributed by atoms with van der Waals surface area (Å²) in [5.41, 5.74) is 3.03. The van der Waals surface area contributed by atoms with E-state index in [0.29, 0.717) is 12.2 Å². The van der Waals surface area contributed by atoms with Gasteiger partial charge in [0.15, 0.2) is 0 Å². The lowest BCUT2D eigenvalue weighted by atomic mass is 10.1. The Kier molecular flexibility index (Phi) is 5.76. The summed E-state index contributed by atoms with van der Waals surface area (Å²) in [6.07, 6.45) is 3.28. The van der Waals surface area contributed by atoms with Crippen LogP contribution in [0, 0.1) is 0 Å². The van der Waals surface area contributed by atoms with Crippen LogP contribution in [0.1, 0.15) is 11.1 Å². The van der Waals surface area contributed by atoms with E-state index in [0.717, 1.165) is 38.4 Å². The predicted molar refractivity (Wildman–Crippen MR) is 92.6 cm³/mol. The summed E-state index contributed by atoms with van der Waals surface area (Å²) < 4.78 is 5.36. The monoisotopic (exact) mass is 326 g/mol. The van der Waals surface area contributed by atoms with Crippen LogP contribution in [-0.4, -0.2) is 42.2 Å². The van der Waals surface area contributed by atoms with Gasteiger partial charge in [0.2, 0.25) is 0 Å². The molecule has 0 radical (unpaired) electrons. The van der Waals surface area contributed by atoms with E-state index < -0.39 is 0 Å². The number of carbonyl (C=O) groups is 1. The largest absolute Gasteiger partial charge is 0.379 e. The molecule has 24 heavy (non-hydrogen) atoms. The number of nitrogens with zero attached hydrogens (tertiary/aromatic N) is 2. The predicted octanol–water partition coefficient (Wildman–Crippen LogP) is 2.24. The van der Waals surface area contributed by atoms with Gasteiger partial charge in [-0.05, 0) is 23.3 Å². The van der Waals surface area contributed by atoms with E-state index in [2.05, 4.69) is 44.8 Å². The minimum absolute atomic E-state index is 0.236. The van der Waals surface area contributed by atoms with Gasteiger partial charge in [-0.2, -0.15) is 0 Å². The van der Waals surface area contributed by atoms with Gasteiger partial charge in [0.1, 0.15) is 0 Å². The first kappa shape index (κ1) is 16.4. The van der Waals surface area contributed by atoms with Gasteiger partial charge in [-0.25, -0.2) is 4.79 Å². The average molecular weight is 326 g/mol. The molecule has 1 aliphatic heterocycles. The second kappa shape index (κ2) is 8.42. The van der Waals surface area contributed by atoms with Gasteiger partial charge >= 0.3 is 6.03 Å². The smallest absolute Gasteiger partial charge is 0.319 e. The van der Waals surface area contributed by atoms with E-state index in [9.17, 15) is 4.79 Å². The summed E-state index contributed by atoms with van der Waals surface area (Å²) in [6, 6.07) is 11.7. The average Bonchev–Trinajstić information content (AvgIpc) is 2.63. The fourth-order valence-corrected chi connectivity index (χ4v) is 2.57. The van der Waals surface area contributed by atoms with E-state index in [1.54, 1.807) is 24.5 Å². The number of benzene rings is 1. The number of carbonyl (C=O) groups excluding carboxylic acids is 1. The summed E-state index contributed by atoms with van der Waals surface area (Å²) in [5, 5.41) is 5.59. The molecule has 2 N–H and O–H groups in total. The van der Waals surface area contributed by atoms with E-state index in [-0.39, 0.29) is 6.03 Å². The van der Waals surface area contributed by atoms with Crippen LogP contribution in [0.5, 0.6) is 0 Å². The zero-order chi connectivity index (χ0) is 16.6. The molecule has 1 aliphatic rings. The van der Waals surface area contributed by atoms with Crippen LogP contribution in [0.4, 0.5) is 10.5 Å². The quantitative estimate of drug-likeness (QED) is 0.884. The standard InChI is InChI=1S/C18H22N4O2/c23-18(21-17-2-1-7-19-13-17)20-12-15-3-5-16(6-4-15)14-22-8-10-24-11-9-22/h1-7,13H,8-12,14H2,(H2,20,21,23). The number of aromatic nitrogens is 1. The van der Waals surface area contributed by atoms with Crippen LogP contribution >= 0.6 is 0 Å². The molecule has 126 valence electrons. The van der Waals surface area contributed by atoms with Crippen molar-refractivity contribution in [2.75, 3.05) is 31.6 Å². The normalized spacial score (nSPS) is 15.0. The van der Waals surface area contributed by atoms with Crippen molar-refractivity contribution in [2.24, 2.45) is 0 Å². The van der Waals surface area contributed by atoms with Crippen LogP contribution in [0.3, 0.4) is 0 Å². The molecule has 1 saturated heterocycles. The minimum atomic E-state index is -0.236. The highest BCUT2D eigenvalue weighted by atomic mass is 16.5. The van der Waals surface area contributed by atoms with Gasteiger partial charge in [0.25, 0.3) is 0 Å². The van der Waals surface area contributed by atoms with Crippen LogP contribution in [0.15, 0.2) is 48.8 Å². The van der Waals surface area contributed by atoms with Crippen LogP contribution < -0.4 is 10.6 Å². The first-order chi connectivity index (χ1) is 11.8. The SMILES string of the molecule is O=C(NCc1ccc(CN2CCOCC2)cc1)Nc1cccnc1. The number of morpholine rings is 1. The van der Waals surface area contributed by atoms with Crippen LogP contribution in [0.2, 0.25) is 0 Å². The molecule has 2 amide bonds. The van der Waals surface area contributed by atoms with Crippen molar-refractivity contribution in [3.63, 3.8) is 0 Å². The number of ether oxygens (including phenoxy) is 1. The topological polar surface area (TPSA) is 66.5 Å². The summed E-state index contributed by atoms with van der Waals surface area (Å²) in [7, 11) is 0. The third-order valence-electron chi connectivity index (χ3n) is 3.91. The molecule has 1 fully saturated rings. The Balaban J connectivity index is 1.44. The number of hydrogen-bond acceptors (Lipinski definition) is 4. The third kappa shape index (κ3) is 5.04. The minimum Gasteiger partial charge on any atom is -0.379 e. The number of urea groups is 1. The number of anilines is 1. The van der Waals surface area contributed by atoms with Gasteiger partial charge in [-0.15, -0.1) is 0 Å². The van der Waals surface area contributed by atoms with Gasteiger partial charge in [0.05, 0.1) is 25.1 Å². The van der Waals surface area contributed by atoms with Crippen molar-refractivity contribution in [3.05, 3.63) is 59.9 Å². The molecule has 3 rings (SSSR count). The Hall–Kier alpha value is -2.44. The second-order valence-electron chi connectivity index (χ2n) is 5.75. The summed E-state index contributed by atoms with van der Waals surface area (Å²) in [6.45, 7) is 5.03. The fourth-order valence-electron chi connectivity index (χ4n) is 2.57. The molecule has 0 spiro atoms. The number of rotatable bonds is 5. The molecule has 0 unspecified atom stereocenters. The number of amides is 2. The summed E-state index contributed by atoms with van der Waals surface area (Å²) in [5.74, 6) is 0. The lowest BCUT2D eigenvalue weighted by molar-refractivity contribution is 0.0342. The van der Waals surface area contributed by atoms with E-state index in [1.165, 1.54) is 5.56 Å². The third-order valence-corrected chi connectivity index (χ3v) is 3.91. The Morgan fingerprint density at radius 3 is 2.58 bits per heavy atom. The zero-order valence-corrected chi connectivity index (χ0v) is 13.6. The van der Waals surface area contributed by atoms with Gasteiger partial charge in [-0.3, -0.25) is 9.88 Å². The second-order valence-corrected chi connectivity index (χ2v) is 5.75. The lowest BCUT2D eigenvalue weighted by Gasteiger charge is -2.26. The van der Waals surface area contributed by atoms with Gasteiger partial charge < -0.3 is 15.4 Å². The highest BCUT2D eigenvalue weighted by Crippen LogP contribution is 2.09. The molecular formula is C18H22N4O2. The molecule has 2 heterocycles. The van der Waals surface area contributed by atoms with Crippen molar-refractivity contribution in [3.8, 4) is 0 Å². The van der Waals surface area contributed by atoms with E-state index in [1.807, 2.05) is 0 Å². The summed E-state index contributed by atoms with van der Waals surface area (Å²) >= 11 is 0. The van der Waals surface area contributed by atoms with Gasteiger partial charge in [-0.1, -0.05) is 24.3 Å². The molecule has 0 saturated carbocycles. The molecule has 0 aliphatic carbocycles. The Morgan fingerprint density at radius 1 is 1.12 bits per heavy atom. The molecule has 6 nitrogen and oxygen atoms in total. The van der Waals surface area contributed by atoms with Crippen molar-refractivity contribution >= 4 is 11.7 Å². The van der Waals surface area contributed by atoms with Gasteiger partial charge in [0, 0.05) is 32.4 Å². The van der Waals surface area contributed by atoms with E-state index in [4.69, 9.17) is 4.74 Å². The molecular weight excluding hydrogens is 304 g/mol. The van der Waals surface area contributed by atoms with E-state index >= 15 is 0 Å². The maximum atomic E-state index is 11.8. The molecule has 1 aromatic carbocycles. The number of nitrogens with one attached hydrogen (secondary N) is 2. The fraction of sp³-hybridized carbons (Fsp3) is 0.333. The zero-order valence-electron chi connectivity index (χ0n) is 13.6. The highest BCUT2D eigenvalue weighted by molar-refractivity contribution is 5.88. The first-order valence-electron chi connectivity index (χ1n) is 8.12. The van der Waals surface area contributed by atoms with Crippen LogP contribution in [-0.2, 0) is 17.8 Å². The summed E-state index contributed by atoms with van der Waals surface area (Å²) in [4.78, 5) is 18.2. The van der Waals surface area contributed by atoms with Crippen LogP contribution in [0.25, 0.3) is 0 Å². The number of hydrogen-bond donors (Lipinski definition) is 2. The molecule has 0 atom stereocenters. The number of pyridine rings is 1. The molecule has 1 aromatic heterocycles. The maximum absolute atomic E-state index is 11.8. The maximum Gasteiger partial charge on any atom is 0.319 e. The van der Waals surface area contributed by atoms with Crippen molar-refractivity contribution in [2.45, 2.75) is 13.1 Å². The highest BCUT2D eigenvalue weighted by Gasteiger charge is 2.10. The Bertz CT molecular complexity index is 640. The Morgan fingerprint density at radius 2 is 1.88 bits per heavy atom. The van der Waals surface area contributed by atoms with Crippen molar-refractivity contribution in [1.29, 1.82) is 0 Å².